The third-order valence-corrected chi connectivity index (χ3v) is 3.34. The zero-order valence-electron chi connectivity index (χ0n) is 10.9. The molecule has 0 heterocycles. The molecule has 2 rings (SSSR count). The molecule has 2 nitrogen and oxygen atoms in total. The van der Waals surface area contributed by atoms with Crippen molar-refractivity contribution in [2.45, 2.75) is 51.7 Å². The number of nitrogens with two attached hydrogens (primary N) is 1. The predicted molar refractivity (Wildman–Crippen MR) is 71.2 cm³/mol. The van der Waals surface area contributed by atoms with Crippen LogP contribution in [0.5, 0.6) is 5.75 Å². The van der Waals surface area contributed by atoms with Crippen molar-refractivity contribution in [2.75, 3.05) is 0 Å². The van der Waals surface area contributed by atoms with Crippen molar-refractivity contribution in [1.29, 1.82) is 0 Å². The third-order valence-electron chi connectivity index (χ3n) is 3.34. The minimum absolute atomic E-state index is 0.338. The second kappa shape index (κ2) is 5.54. The van der Waals surface area contributed by atoms with E-state index in [4.69, 9.17) is 10.5 Å². The van der Waals surface area contributed by atoms with Gasteiger partial charge in [-0.3, -0.25) is 0 Å². The zero-order chi connectivity index (χ0) is 12.3. The maximum Gasteiger partial charge on any atom is 0.119 e. The maximum absolute atomic E-state index is 5.89. The minimum Gasteiger partial charge on any atom is -0.490 e. The molecule has 0 amide bonds. The van der Waals surface area contributed by atoms with Crippen LogP contribution in [-0.4, -0.2) is 12.1 Å². The average molecular weight is 233 g/mol. The summed E-state index contributed by atoms with van der Waals surface area (Å²) in [5.74, 6) is 1.76. The molecule has 0 unspecified atom stereocenters. The predicted octanol–water partition coefficient (Wildman–Crippen LogP) is 3.14. The zero-order valence-corrected chi connectivity index (χ0v) is 10.9. The Balaban J connectivity index is 1.87. The van der Waals surface area contributed by atoms with Crippen molar-refractivity contribution in [3.8, 4) is 5.75 Å². The molecule has 0 saturated heterocycles. The SMILES string of the molecule is CC(C)CCc1cccc(O[C@H]2C[C@@H](N)C2)c1. The summed E-state index contributed by atoms with van der Waals surface area (Å²) in [6.45, 7) is 4.52. The van der Waals surface area contributed by atoms with Gasteiger partial charge in [0.05, 0.1) is 0 Å². The first-order valence-electron chi connectivity index (χ1n) is 6.64. The quantitative estimate of drug-likeness (QED) is 0.848. The van der Waals surface area contributed by atoms with Crippen molar-refractivity contribution in [3.05, 3.63) is 29.8 Å². The Morgan fingerprint density at radius 3 is 2.76 bits per heavy atom. The van der Waals surface area contributed by atoms with E-state index in [2.05, 4.69) is 32.0 Å². The highest BCUT2D eigenvalue weighted by Gasteiger charge is 2.27. The van der Waals surface area contributed by atoms with Gasteiger partial charge in [0.1, 0.15) is 11.9 Å². The highest BCUT2D eigenvalue weighted by Crippen LogP contribution is 2.25. The van der Waals surface area contributed by atoms with Gasteiger partial charge in [-0.2, -0.15) is 0 Å². The highest BCUT2D eigenvalue weighted by atomic mass is 16.5. The molecule has 1 fully saturated rings. The number of hydrogen-bond acceptors (Lipinski definition) is 2. The molecule has 0 radical (unpaired) electrons. The molecule has 0 aromatic heterocycles. The summed E-state index contributed by atoms with van der Waals surface area (Å²) in [7, 11) is 0. The van der Waals surface area contributed by atoms with Crippen molar-refractivity contribution in [3.63, 3.8) is 0 Å². The summed E-state index contributed by atoms with van der Waals surface area (Å²) in [5.41, 5.74) is 7.13. The second-order valence-corrected chi connectivity index (χ2v) is 5.55. The molecule has 0 aliphatic heterocycles. The van der Waals surface area contributed by atoms with E-state index in [1.165, 1.54) is 12.0 Å². The number of benzene rings is 1. The van der Waals surface area contributed by atoms with Crippen LogP contribution < -0.4 is 10.5 Å². The summed E-state index contributed by atoms with van der Waals surface area (Å²) in [6, 6.07) is 8.84. The molecule has 17 heavy (non-hydrogen) atoms. The largest absolute Gasteiger partial charge is 0.490 e. The molecule has 1 aromatic carbocycles. The molecule has 1 saturated carbocycles. The molecule has 0 spiro atoms. The Morgan fingerprint density at radius 1 is 1.35 bits per heavy atom. The highest BCUT2D eigenvalue weighted by molar-refractivity contribution is 5.29. The van der Waals surface area contributed by atoms with Crippen LogP contribution >= 0.6 is 0 Å². The van der Waals surface area contributed by atoms with Crippen molar-refractivity contribution in [1.82, 2.24) is 0 Å². The van der Waals surface area contributed by atoms with Crippen LogP contribution in [0.4, 0.5) is 0 Å². The normalized spacial score (nSPS) is 23.5. The summed E-state index contributed by atoms with van der Waals surface area (Å²) in [6.07, 6.45) is 4.70. The smallest absolute Gasteiger partial charge is 0.119 e. The van der Waals surface area contributed by atoms with E-state index in [9.17, 15) is 0 Å². The van der Waals surface area contributed by atoms with Gasteiger partial charge in [-0.05, 0) is 49.3 Å². The van der Waals surface area contributed by atoms with Crippen molar-refractivity contribution >= 4 is 0 Å². The van der Waals surface area contributed by atoms with Crippen molar-refractivity contribution < 1.29 is 4.74 Å². The first kappa shape index (κ1) is 12.4. The lowest BCUT2D eigenvalue weighted by molar-refractivity contribution is 0.101. The van der Waals surface area contributed by atoms with Crippen LogP contribution in [0.25, 0.3) is 0 Å². The van der Waals surface area contributed by atoms with Gasteiger partial charge >= 0.3 is 0 Å². The van der Waals surface area contributed by atoms with Crippen LogP contribution in [0, 0.1) is 5.92 Å². The number of aryl methyl sites for hydroxylation is 1. The fraction of sp³-hybridized carbons (Fsp3) is 0.600. The third kappa shape index (κ3) is 3.74. The number of hydrogen-bond donors (Lipinski definition) is 1. The van der Waals surface area contributed by atoms with Crippen LogP contribution in [0.1, 0.15) is 38.7 Å². The molecular formula is C15H23NO. The van der Waals surface area contributed by atoms with Gasteiger partial charge in [0, 0.05) is 6.04 Å². The molecule has 1 aliphatic rings. The van der Waals surface area contributed by atoms with Crippen LogP contribution in [0.3, 0.4) is 0 Å². The van der Waals surface area contributed by atoms with E-state index in [0.717, 1.165) is 30.9 Å². The monoisotopic (exact) mass is 233 g/mol. The Bertz CT molecular complexity index is 356. The fourth-order valence-corrected chi connectivity index (χ4v) is 2.12. The van der Waals surface area contributed by atoms with E-state index >= 15 is 0 Å². The Morgan fingerprint density at radius 2 is 2.12 bits per heavy atom. The fourth-order valence-electron chi connectivity index (χ4n) is 2.12. The van der Waals surface area contributed by atoms with Gasteiger partial charge in [0.15, 0.2) is 0 Å². The molecule has 2 N–H and O–H groups in total. The van der Waals surface area contributed by atoms with Gasteiger partial charge in [0.25, 0.3) is 0 Å². The standard InChI is InChI=1S/C15H23NO/c1-11(2)6-7-12-4-3-5-14(8-12)17-15-9-13(16)10-15/h3-5,8,11,13,15H,6-7,9-10,16H2,1-2H3/t13-,15+. The van der Waals surface area contributed by atoms with Crippen LogP contribution in [0.2, 0.25) is 0 Å². The molecule has 2 heteroatoms. The van der Waals surface area contributed by atoms with Crippen LogP contribution in [-0.2, 0) is 6.42 Å². The molecule has 1 aromatic rings. The molecule has 0 bridgehead atoms. The second-order valence-electron chi connectivity index (χ2n) is 5.55. The molecule has 94 valence electrons. The van der Waals surface area contributed by atoms with E-state index in [1.807, 2.05) is 6.07 Å². The van der Waals surface area contributed by atoms with Gasteiger partial charge in [-0.15, -0.1) is 0 Å². The van der Waals surface area contributed by atoms with Gasteiger partial charge < -0.3 is 10.5 Å². The van der Waals surface area contributed by atoms with E-state index in [1.54, 1.807) is 0 Å². The first-order valence-corrected chi connectivity index (χ1v) is 6.64. The Hall–Kier alpha value is -1.02. The van der Waals surface area contributed by atoms with Gasteiger partial charge in [-0.25, -0.2) is 0 Å². The lowest BCUT2D eigenvalue weighted by Gasteiger charge is -2.32. The summed E-state index contributed by atoms with van der Waals surface area (Å²) < 4.78 is 5.89. The molecule has 0 atom stereocenters. The van der Waals surface area contributed by atoms with Gasteiger partial charge in [0.2, 0.25) is 0 Å². The Labute approximate surface area is 104 Å². The van der Waals surface area contributed by atoms with E-state index < -0.39 is 0 Å². The van der Waals surface area contributed by atoms with E-state index in [-0.39, 0.29) is 0 Å². The summed E-state index contributed by atoms with van der Waals surface area (Å²) in [4.78, 5) is 0. The van der Waals surface area contributed by atoms with E-state index in [0.29, 0.717) is 12.1 Å². The first-order chi connectivity index (χ1) is 8.13. The minimum atomic E-state index is 0.338. The topological polar surface area (TPSA) is 35.2 Å². The van der Waals surface area contributed by atoms with Crippen molar-refractivity contribution in [2.24, 2.45) is 11.7 Å². The van der Waals surface area contributed by atoms with Gasteiger partial charge in [-0.1, -0.05) is 26.0 Å². The Kier molecular flexibility index (Phi) is 4.06. The number of ether oxygens (including phenoxy) is 1. The summed E-state index contributed by atoms with van der Waals surface area (Å²) >= 11 is 0. The lowest BCUT2D eigenvalue weighted by atomic mass is 9.90. The molecule has 1 aliphatic carbocycles. The average Bonchev–Trinajstić information content (AvgIpc) is 2.25. The number of rotatable bonds is 5. The molecular weight excluding hydrogens is 210 g/mol. The van der Waals surface area contributed by atoms with Crippen LogP contribution in [0.15, 0.2) is 24.3 Å². The summed E-state index contributed by atoms with van der Waals surface area (Å²) in [5, 5.41) is 0. The maximum atomic E-state index is 5.89. The lowest BCUT2D eigenvalue weighted by Crippen LogP contribution is -2.43.